The first kappa shape index (κ1) is 19.3. The van der Waals surface area contributed by atoms with E-state index in [-0.39, 0.29) is 29.3 Å². The van der Waals surface area contributed by atoms with E-state index >= 15 is 0 Å². The normalized spacial score (nSPS) is 19.8. The molecule has 1 aromatic carbocycles. The number of ether oxygens (including phenoxy) is 1. The molecule has 2 atom stereocenters. The molecule has 1 heterocycles. The lowest BCUT2D eigenvalue weighted by Crippen LogP contribution is -2.48. The van der Waals surface area contributed by atoms with Crippen molar-refractivity contribution in [3.05, 3.63) is 39.4 Å². The zero-order valence-electron chi connectivity index (χ0n) is 14.8. The van der Waals surface area contributed by atoms with Gasteiger partial charge in [0.1, 0.15) is 0 Å². The summed E-state index contributed by atoms with van der Waals surface area (Å²) in [5.41, 5.74) is 2.05. The van der Waals surface area contributed by atoms with Crippen LogP contribution in [0.25, 0.3) is 0 Å². The Bertz CT molecular complexity index is 637. The van der Waals surface area contributed by atoms with Gasteiger partial charge in [-0.05, 0) is 32.0 Å². The molecule has 2 rings (SSSR count). The van der Waals surface area contributed by atoms with E-state index in [1.807, 2.05) is 13.8 Å². The maximum Gasteiger partial charge on any atom is 0.317 e. The van der Waals surface area contributed by atoms with Crippen molar-refractivity contribution in [3.63, 3.8) is 0 Å². The molecule has 1 aliphatic rings. The smallest absolute Gasteiger partial charge is 0.317 e. The molecular formula is C17H25N3O5. The van der Waals surface area contributed by atoms with Crippen LogP contribution >= 0.6 is 0 Å². The van der Waals surface area contributed by atoms with Crippen LogP contribution in [-0.2, 0) is 9.53 Å². The number of aryl methyl sites for hydroxylation is 1. The summed E-state index contributed by atoms with van der Waals surface area (Å²) in [4.78, 5) is 25.4. The SMILES string of the molecule is Cc1ccc([N+](=O)[O-])cc1C(C)N1CCOC(CN(C)CC(=O)O)C1. The number of carboxylic acid groups (broad SMARTS) is 1. The number of nitro benzene ring substituents is 1. The van der Waals surface area contributed by atoms with Crippen molar-refractivity contribution in [2.24, 2.45) is 0 Å². The van der Waals surface area contributed by atoms with Gasteiger partial charge in [-0.25, -0.2) is 0 Å². The number of nitro groups is 1. The molecule has 8 heteroatoms. The molecule has 25 heavy (non-hydrogen) atoms. The van der Waals surface area contributed by atoms with E-state index in [0.717, 1.165) is 17.7 Å². The number of hydrogen-bond acceptors (Lipinski definition) is 6. The minimum absolute atomic E-state index is 0.0241. The van der Waals surface area contributed by atoms with Crippen molar-refractivity contribution in [1.82, 2.24) is 9.80 Å². The third-order valence-corrected chi connectivity index (χ3v) is 4.56. The molecular weight excluding hydrogens is 326 g/mol. The number of likely N-dealkylation sites (N-methyl/N-ethyl adjacent to an activating group) is 1. The Hall–Kier alpha value is -2.03. The van der Waals surface area contributed by atoms with E-state index in [0.29, 0.717) is 19.7 Å². The predicted octanol–water partition coefficient (Wildman–Crippen LogP) is 1.68. The molecule has 0 saturated carbocycles. The van der Waals surface area contributed by atoms with Crippen molar-refractivity contribution in [2.75, 3.05) is 39.8 Å². The van der Waals surface area contributed by atoms with E-state index in [1.165, 1.54) is 6.07 Å². The first-order valence-electron chi connectivity index (χ1n) is 8.29. The molecule has 138 valence electrons. The third-order valence-electron chi connectivity index (χ3n) is 4.56. The average molecular weight is 351 g/mol. The topological polar surface area (TPSA) is 96.2 Å². The lowest BCUT2D eigenvalue weighted by Gasteiger charge is -2.38. The number of benzene rings is 1. The monoisotopic (exact) mass is 351 g/mol. The minimum atomic E-state index is -0.865. The van der Waals surface area contributed by atoms with Crippen LogP contribution in [0.4, 0.5) is 5.69 Å². The van der Waals surface area contributed by atoms with Gasteiger partial charge in [0.15, 0.2) is 0 Å². The van der Waals surface area contributed by atoms with Crippen molar-refractivity contribution in [1.29, 1.82) is 0 Å². The molecule has 0 radical (unpaired) electrons. The van der Waals surface area contributed by atoms with Gasteiger partial charge in [-0.15, -0.1) is 0 Å². The molecule has 1 aliphatic heterocycles. The quantitative estimate of drug-likeness (QED) is 0.590. The number of carboxylic acids is 1. The van der Waals surface area contributed by atoms with Crippen LogP contribution in [0.1, 0.15) is 24.1 Å². The molecule has 8 nitrogen and oxygen atoms in total. The molecule has 0 aromatic heterocycles. The summed E-state index contributed by atoms with van der Waals surface area (Å²) in [6, 6.07) is 4.97. The lowest BCUT2D eigenvalue weighted by atomic mass is 9.99. The van der Waals surface area contributed by atoms with Gasteiger partial charge < -0.3 is 9.84 Å². The number of nitrogens with zero attached hydrogens (tertiary/aromatic N) is 3. The molecule has 1 N–H and O–H groups in total. The van der Waals surface area contributed by atoms with Crippen LogP contribution < -0.4 is 0 Å². The average Bonchev–Trinajstić information content (AvgIpc) is 2.53. The van der Waals surface area contributed by atoms with E-state index in [4.69, 9.17) is 9.84 Å². The maximum absolute atomic E-state index is 11.0. The molecule has 0 amide bonds. The Balaban J connectivity index is 2.06. The van der Waals surface area contributed by atoms with E-state index < -0.39 is 5.97 Å². The van der Waals surface area contributed by atoms with Crippen LogP contribution in [0.3, 0.4) is 0 Å². The number of morpholine rings is 1. The fourth-order valence-electron chi connectivity index (χ4n) is 3.24. The molecule has 1 aromatic rings. The predicted molar refractivity (Wildman–Crippen MR) is 92.7 cm³/mol. The number of carbonyl (C=O) groups is 1. The highest BCUT2D eigenvalue weighted by molar-refractivity contribution is 5.69. The minimum Gasteiger partial charge on any atom is -0.480 e. The standard InChI is InChI=1S/C17H25N3O5/c1-12-4-5-14(20(23)24)8-16(12)13(2)19-6-7-25-15(10-19)9-18(3)11-17(21)22/h4-5,8,13,15H,6-7,9-11H2,1-3H3,(H,21,22). The molecule has 0 aliphatic carbocycles. The van der Waals surface area contributed by atoms with Gasteiger partial charge in [-0.1, -0.05) is 6.07 Å². The second-order valence-corrected chi connectivity index (χ2v) is 6.55. The van der Waals surface area contributed by atoms with Crippen molar-refractivity contribution in [2.45, 2.75) is 26.0 Å². The van der Waals surface area contributed by atoms with Gasteiger partial charge in [0.25, 0.3) is 5.69 Å². The van der Waals surface area contributed by atoms with E-state index in [9.17, 15) is 14.9 Å². The summed E-state index contributed by atoms with van der Waals surface area (Å²) >= 11 is 0. The fourth-order valence-corrected chi connectivity index (χ4v) is 3.24. The van der Waals surface area contributed by atoms with Crippen LogP contribution in [0.2, 0.25) is 0 Å². The Kier molecular flexibility index (Phi) is 6.46. The van der Waals surface area contributed by atoms with Gasteiger partial charge in [-0.2, -0.15) is 0 Å². The Morgan fingerprint density at radius 1 is 1.56 bits per heavy atom. The summed E-state index contributed by atoms with van der Waals surface area (Å²) in [5, 5.41) is 19.9. The largest absolute Gasteiger partial charge is 0.480 e. The fraction of sp³-hybridized carbons (Fsp3) is 0.588. The van der Waals surface area contributed by atoms with Gasteiger partial charge in [0.2, 0.25) is 0 Å². The number of hydrogen-bond donors (Lipinski definition) is 1. The molecule has 1 saturated heterocycles. The maximum atomic E-state index is 11.0. The Morgan fingerprint density at radius 3 is 2.92 bits per heavy atom. The van der Waals surface area contributed by atoms with Crippen molar-refractivity contribution >= 4 is 11.7 Å². The van der Waals surface area contributed by atoms with Crippen molar-refractivity contribution in [3.8, 4) is 0 Å². The van der Waals surface area contributed by atoms with Crippen LogP contribution in [0.5, 0.6) is 0 Å². The lowest BCUT2D eigenvalue weighted by molar-refractivity contribution is -0.385. The summed E-state index contributed by atoms with van der Waals surface area (Å²) < 4.78 is 5.75. The summed E-state index contributed by atoms with van der Waals surface area (Å²) in [6.07, 6.45) is -0.0837. The highest BCUT2D eigenvalue weighted by Gasteiger charge is 2.27. The van der Waals surface area contributed by atoms with Gasteiger partial charge in [0, 0.05) is 37.8 Å². The van der Waals surface area contributed by atoms with E-state index in [1.54, 1.807) is 24.1 Å². The second-order valence-electron chi connectivity index (χ2n) is 6.55. The first-order valence-corrected chi connectivity index (χ1v) is 8.29. The number of aliphatic carboxylic acids is 1. The van der Waals surface area contributed by atoms with Gasteiger partial charge >= 0.3 is 5.97 Å². The van der Waals surface area contributed by atoms with Crippen molar-refractivity contribution < 1.29 is 19.6 Å². The summed E-state index contributed by atoms with van der Waals surface area (Å²) in [7, 11) is 1.75. The van der Waals surface area contributed by atoms with Gasteiger partial charge in [-0.3, -0.25) is 24.7 Å². The first-order chi connectivity index (χ1) is 11.8. The van der Waals surface area contributed by atoms with Gasteiger partial charge in [0.05, 0.1) is 24.2 Å². The highest BCUT2D eigenvalue weighted by atomic mass is 16.6. The molecule has 2 unspecified atom stereocenters. The van der Waals surface area contributed by atoms with Crippen LogP contribution in [0.15, 0.2) is 18.2 Å². The zero-order chi connectivity index (χ0) is 18.6. The molecule has 0 bridgehead atoms. The second kappa shape index (κ2) is 8.37. The number of non-ortho nitro benzene ring substituents is 1. The third kappa shape index (κ3) is 5.22. The zero-order valence-corrected chi connectivity index (χ0v) is 14.8. The molecule has 0 spiro atoms. The highest BCUT2D eigenvalue weighted by Crippen LogP contribution is 2.28. The van der Waals surface area contributed by atoms with Crippen LogP contribution in [-0.4, -0.2) is 71.7 Å². The Labute approximate surface area is 147 Å². The summed E-state index contributed by atoms with van der Waals surface area (Å²) in [5.74, 6) is -0.865. The van der Waals surface area contributed by atoms with Crippen LogP contribution in [0, 0.1) is 17.0 Å². The summed E-state index contributed by atoms with van der Waals surface area (Å²) in [6.45, 7) is 6.45. The Morgan fingerprint density at radius 2 is 2.28 bits per heavy atom. The molecule has 1 fully saturated rings. The number of rotatable bonds is 7. The van der Waals surface area contributed by atoms with E-state index in [2.05, 4.69) is 4.90 Å².